The zero-order valence-electron chi connectivity index (χ0n) is 8.92. The third kappa shape index (κ3) is 4.37. The Hall–Kier alpha value is -0.160. The lowest BCUT2D eigenvalue weighted by atomic mass is 10.2. The summed E-state index contributed by atoms with van der Waals surface area (Å²) in [6.45, 7) is 3.49. The lowest BCUT2D eigenvalue weighted by molar-refractivity contribution is -0.423. The van der Waals surface area contributed by atoms with Gasteiger partial charge in [-0.15, -0.1) is 0 Å². The molecule has 1 heterocycles. The third-order valence-electron chi connectivity index (χ3n) is 2.37. The maximum atomic E-state index is 9.89. The molecule has 1 rings (SSSR count). The van der Waals surface area contributed by atoms with E-state index >= 15 is 0 Å². The molecule has 14 heavy (non-hydrogen) atoms. The van der Waals surface area contributed by atoms with Crippen LogP contribution in [-0.4, -0.2) is 24.2 Å². The predicted molar refractivity (Wildman–Crippen MR) is 53.4 cm³/mol. The van der Waals surface area contributed by atoms with Gasteiger partial charge in [-0.05, 0) is 19.3 Å². The van der Waals surface area contributed by atoms with E-state index in [1.165, 1.54) is 12.8 Å². The van der Waals surface area contributed by atoms with E-state index in [1.807, 2.05) is 0 Å². The SMILES string of the molecule is CCCCCNC1(O)CCCCOO1. The van der Waals surface area contributed by atoms with Gasteiger partial charge >= 0.3 is 0 Å². The molecule has 0 aromatic rings. The van der Waals surface area contributed by atoms with Crippen LogP contribution < -0.4 is 5.32 Å². The van der Waals surface area contributed by atoms with Crippen molar-refractivity contribution in [2.75, 3.05) is 13.2 Å². The van der Waals surface area contributed by atoms with E-state index < -0.39 is 5.91 Å². The number of hydrogen-bond donors (Lipinski definition) is 2. The Kier molecular flexibility index (Phi) is 5.40. The van der Waals surface area contributed by atoms with E-state index in [-0.39, 0.29) is 0 Å². The second-order valence-corrected chi connectivity index (χ2v) is 3.78. The van der Waals surface area contributed by atoms with Crippen LogP contribution in [0, 0.1) is 0 Å². The molecule has 0 spiro atoms. The quantitative estimate of drug-likeness (QED) is 0.404. The van der Waals surface area contributed by atoms with Crippen molar-refractivity contribution in [3.05, 3.63) is 0 Å². The van der Waals surface area contributed by atoms with E-state index in [0.717, 1.165) is 25.8 Å². The molecule has 2 N–H and O–H groups in total. The van der Waals surface area contributed by atoms with Gasteiger partial charge in [0.1, 0.15) is 0 Å². The number of nitrogens with one attached hydrogen (secondary N) is 1. The molecule has 1 aliphatic heterocycles. The molecule has 1 aliphatic rings. The highest BCUT2D eigenvalue weighted by Crippen LogP contribution is 2.17. The van der Waals surface area contributed by atoms with Gasteiger partial charge in [0.2, 0.25) is 0 Å². The van der Waals surface area contributed by atoms with Gasteiger partial charge in [0.05, 0.1) is 6.61 Å². The molecule has 1 atom stereocenters. The van der Waals surface area contributed by atoms with Crippen LogP contribution in [0.25, 0.3) is 0 Å². The van der Waals surface area contributed by atoms with Gasteiger partial charge in [0.15, 0.2) is 0 Å². The number of aliphatic hydroxyl groups is 1. The van der Waals surface area contributed by atoms with Crippen molar-refractivity contribution < 1.29 is 14.9 Å². The number of rotatable bonds is 5. The summed E-state index contributed by atoms with van der Waals surface area (Å²) in [6, 6.07) is 0. The molecule has 1 fully saturated rings. The van der Waals surface area contributed by atoms with E-state index in [2.05, 4.69) is 12.2 Å². The van der Waals surface area contributed by atoms with Crippen molar-refractivity contribution in [2.24, 2.45) is 0 Å². The molecule has 0 bridgehead atoms. The standard InChI is InChI=1S/C10H21NO3/c1-2-3-5-8-11-10(12)7-4-6-9-13-14-10/h11-12H,2-9H2,1H3. The normalized spacial score (nSPS) is 28.7. The third-order valence-corrected chi connectivity index (χ3v) is 2.37. The molecular weight excluding hydrogens is 182 g/mol. The summed E-state index contributed by atoms with van der Waals surface area (Å²) in [5.41, 5.74) is 0. The first-order valence-electron chi connectivity index (χ1n) is 5.55. The highest BCUT2D eigenvalue weighted by atomic mass is 17.2. The van der Waals surface area contributed by atoms with Crippen LogP contribution in [0.4, 0.5) is 0 Å². The fourth-order valence-corrected chi connectivity index (χ4v) is 1.48. The minimum absolute atomic E-state index is 0.568. The molecule has 0 amide bonds. The highest BCUT2D eigenvalue weighted by Gasteiger charge is 2.29. The number of unbranched alkanes of at least 4 members (excludes halogenated alkanes) is 2. The second-order valence-electron chi connectivity index (χ2n) is 3.78. The molecule has 84 valence electrons. The minimum Gasteiger partial charge on any atom is -0.351 e. The Morgan fingerprint density at radius 2 is 2.21 bits per heavy atom. The summed E-state index contributed by atoms with van der Waals surface area (Å²) in [6.07, 6.45) is 5.87. The zero-order valence-corrected chi connectivity index (χ0v) is 8.92. The summed E-state index contributed by atoms with van der Waals surface area (Å²) in [5, 5.41) is 12.9. The van der Waals surface area contributed by atoms with Crippen molar-refractivity contribution in [3.63, 3.8) is 0 Å². The van der Waals surface area contributed by atoms with Crippen LogP contribution in [0.5, 0.6) is 0 Å². The van der Waals surface area contributed by atoms with Gasteiger partial charge in [0, 0.05) is 13.0 Å². The van der Waals surface area contributed by atoms with Crippen molar-refractivity contribution >= 4 is 0 Å². The van der Waals surface area contributed by atoms with Crippen LogP contribution in [0.15, 0.2) is 0 Å². The van der Waals surface area contributed by atoms with Gasteiger partial charge in [-0.3, -0.25) is 5.32 Å². The molecule has 0 aliphatic carbocycles. The molecule has 1 unspecified atom stereocenters. The minimum atomic E-state index is -1.26. The van der Waals surface area contributed by atoms with Crippen molar-refractivity contribution in [3.8, 4) is 0 Å². The van der Waals surface area contributed by atoms with Gasteiger partial charge in [-0.1, -0.05) is 19.8 Å². The molecular formula is C10H21NO3. The summed E-state index contributed by atoms with van der Waals surface area (Å²) in [4.78, 5) is 9.77. The first kappa shape index (κ1) is 11.9. The van der Waals surface area contributed by atoms with Gasteiger partial charge in [-0.2, -0.15) is 4.89 Å². The molecule has 4 nitrogen and oxygen atoms in total. The second kappa shape index (κ2) is 6.35. The molecule has 0 radical (unpaired) electrons. The van der Waals surface area contributed by atoms with Gasteiger partial charge in [-0.25, -0.2) is 4.89 Å². The lowest BCUT2D eigenvalue weighted by Gasteiger charge is -2.25. The molecule has 0 saturated carbocycles. The van der Waals surface area contributed by atoms with Crippen LogP contribution >= 0.6 is 0 Å². The van der Waals surface area contributed by atoms with Crippen LogP contribution in [-0.2, 0) is 9.78 Å². The van der Waals surface area contributed by atoms with Crippen LogP contribution in [0.2, 0.25) is 0 Å². The smallest absolute Gasteiger partial charge is 0.255 e. The number of hydrogen-bond acceptors (Lipinski definition) is 4. The molecule has 0 aromatic carbocycles. The summed E-state index contributed by atoms with van der Waals surface area (Å²) in [7, 11) is 0. The Bertz CT molecular complexity index is 144. The fourth-order valence-electron chi connectivity index (χ4n) is 1.48. The maximum Gasteiger partial charge on any atom is 0.255 e. The molecule has 4 heteroatoms. The van der Waals surface area contributed by atoms with Gasteiger partial charge in [0.25, 0.3) is 5.91 Å². The van der Waals surface area contributed by atoms with E-state index in [1.54, 1.807) is 0 Å². The summed E-state index contributed by atoms with van der Waals surface area (Å²) >= 11 is 0. The Morgan fingerprint density at radius 1 is 1.36 bits per heavy atom. The van der Waals surface area contributed by atoms with Crippen molar-refractivity contribution in [1.82, 2.24) is 5.32 Å². The first-order valence-corrected chi connectivity index (χ1v) is 5.55. The fraction of sp³-hybridized carbons (Fsp3) is 1.00. The van der Waals surface area contributed by atoms with E-state index in [0.29, 0.717) is 13.0 Å². The van der Waals surface area contributed by atoms with E-state index in [9.17, 15) is 5.11 Å². The lowest BCUT2D eigenvalue weighted by Crippen LogP contribution is -2.47. The largest absolute Gasteiger partial charge is 0.351 e. The van der Waals surface area contributed by atoms with Crippen LogP contribution in [0.1, 0.15) is 45.4 Å². The topological polar surface area (TPSA) is 50.7 Å². The Balaban J connectivity index is 2.17. The summed E-state index contributed by atoms with van der Waals surface area (Å²) in [5.74, 6) is -1.26. The average Bonchev–Trinajstić information content (AvgIpc) is 2.39. The molecule has 1 saturated heterocycles. The zero-order chi connectivity index (χ0) is 10.3. The van der Waals surface area contributed by atoms with Gasteiger partial charge < -0.3 is 5.11 Å². The average molecular weight is 203 g/mol. The predicted octanol–water partition coefficient (Wildman–Crippen LogP) is 1.54. The Morgan fingerprint density at radius 3 is 3.00 bits per heavy atom. The maximum absolute atomic E-state index is 9.89. The van der Waals surface area contributed by atoms with Crippen molar-refractivity contribution in [1.29, 1.82) is 0 Å². The van der Waals surface area contributed by atoms with E-state index in [4.69, 9.17) is 9.78 Å². The first-order chi connectivity index (χ1) is 6.77. The molecule has 0 aromatic heterocycles. The highest BCUT2D eigenvalue weighted by molar-refractivity contribution is 4.65. The summed E-state index contributed by atoms with van der Waals surface area (Å²) < 4.78 is 0. The van der Waals surface area contributed by atoms with Crippen molar-refractivity contribution in [2.45, 2.75) is 51.4 Å². The monoisotopic (exact) mass is 203 g/mol. The Labute approximate surface area is 85.5 Å². The van der Waals surface area contributed by atoms with Crippen LogP contribution in [0.3, 0.4) is 0 Å².